The first kappa shape index (κ1) is 16.5. The summed E-state index contributed by atoms with van der Waals surface area (Å²) in [7, 11) is 0. The molecule has 0 radical (unpaired) electrons. The van der Waals surface area contributed by atoms with Crippen LogP contribution >= 0.6 is 0 Å². The second-order valence-corrected chi connectivity index (χ2v) is 6.54. The van der Waals surface area contributed by atoms with E-state index in [0.29, 0.717) is 5.56 Å². The van der Waals surface area contributed by atoms with Crippen molar-refractivity contribution in [1.82, 2.24) is 4.90 Å². The van der Waals surface area contributed by atoms with Crippen LogP contribution in [0, 0.1) is 13.8 Å². The number of carbonyl (C=O) groups excluding carboxylic acids is 1. The molecule has 24 heavy (non-hydrogen) atoms. The predicted octanol–water partition coefficient (Wildman–Crippen LogP) is 2.72. The van der Waals surface area contributed by atoms with E-state index in [1.165, 1.54) is 22.4 Å². The number of primary amides is 1. The van der Waals surface area contributed by atoms with Gasteiger partial charge in [-0.1, -0.05) is 24.3 Å². The molecular weight excluding hydrogens is 298 g/mol. The van der Waals surface area contributed by atoms with Crippen molar-refractivity contribution in [2.24, 2.45) is 5.73 Å². The number of amides is 1. The van der Waals surface area contributed by atoms with E-state index in [2.05, 4.69) is 41.8 Å². The van der Waals surface area contributed by atoms with Gasteiger partial charge < -0.3 is 10.6 Å². The topological polar surface area (TPSA) is 49.6 Å². The van der Waals surface area contributed by atoms with E-state index in [1.54, 1.807) is 0 Å². The smallest absolute Gasteiger partial charge is 0.248 e. The van der Waals surface area contributed by atoms with E-state index in [-0.39, 0.29) is 5.91 Å². The average molecular weight is 323 g/mol. The molecule has 0 aromatic heterocycles. The van der Waals surface area contributed by atoms with Crippen molar-refractivity contribution in [3.05, 3.63) is 64.7 Å². The molecule has 1 aliphatic rings. The van der Waals surface area contributed by atoms with Crippen LogP contribution in [0.25, 0.3) is 0 Å². The van der Waals surface area contributed by atoms with E-state index >= 15 is 0 Å². The van der Waals surface area contributed by atoms with Crippen molar-refractivity contribution in [2.75, 3.05) is 31.1 Å². The van der Waals surface area contributed by atoms with Crippen LogP contribution < -0.4 is 10.6 Å². The molecule has 2 aromatic rings. The molecule has 3 rings (SSSR count). The van der Waals surface area contributed by atoms with Gasteiger partial charge in [-0.25, -0.2) is 0 Å². The maximum atomic E-state index is 11.1. The first-order chi connectivity index (χ1) is 11.5. The highest BCUT2D eigenvalue weighted by Gasteiger charge is 2.18. The summed E-state index contributed by atoms with van der Waals surface area (Å²) in [6, 6.07) is 14.2. The van der Waals surface area contributed by atoms with Gasteiger partial charge in [-0.2, -0.15) is 0 Å². The summed E-state index contributed by atoms with van der Waals surface area (Å²) < 4.78 is 0. The van der Waals surface area contributed by atoms with Gasteiger partial charge in [0.1, 0.15) is 0 Å². The van der Waals surface area contributed by atoms with Gasteiger partial charge in [-0.05, 0) is 48.7 Å². The number of rotatable bonds is 4. The zero-order valence-electron chi connectivity index (χ0n) is 14.5. The van der Waals surface area contributed by atoms with Crippen LogP contribution in [-0.2, 0) is 6.54 Å². The lowest BCUT2D eigenvalue weighted by Crippen LogP contribution is -2.46. The molecule has 0 unspecified atom stereocenters. The van der Waals surface area contributed by atoms with Gasteiger partial charge in [0.25, 0.3) is 0 Å². The Labute approximate surface area is 143 Å². The normalized spacial score (nSPS) is 15.5. The summed E-state index contributed by atoms with van der Waals surface area (Å²) in [6.07, 6.45) is 0. The highest BCUT2D eigenvalue weighted by molar-refractivity contribution is 5.92. The minimum Gasteiger partial charge on any atom is -0.369 e. The van der Waals surface area contributed by atoms with Crippen molar-refractivity contribution in [3.63, 3.8) is 0 Å². The van der Waals surface area contributed by atoms with Gasteiger partial charge in [-0.15, -0.1) is 0 Å². The molecule has 1 aliphatic heterocycles. The van der Waals surface area contributed by atoms with Gasteiger partial charge in [0, 0.05) is 44.0 Å². The van der Waals surface area contributed by atoms with E-state index in [9.17, 15) is 4.79 Å². The van der Waals surface area contributed by atoms with Crippen LogP contribution in [0.4, 0.5) is 5.69 Å². The van der Waals surface area contributed by atoms with Gasteiger partial charge in [-0.3, -0.25) is 9.69 Å². The summed E-state index contributed by atoms with van der Waals surface area (Å²) in [4.78, 5) is 16.1. The second kappa shape index (κ2) is 7.05. The average Bonchev–Trinajstić information content (AvgIpc) is 2.59. The van der Waals surface area contributed by atoms with E-state index in [1.807, 2.05) is 24.3 Å². The zero-order chi connectivity index (χ0) is 17.1. The van der Waals surface area contributed by atoms with Gasteiger partial charge in [0.05, 0.1) is 0 Å². The molecule has 0 saturated carbocycles. The SMILES string of the molecule is Cc1cccc(N2CCN(Cc3ccc(C(N)=O)cc3)CC2)c1C. The maximum Gasteiger partial charge on any atom is 0.248 e. The Morgan fingerprint density at radius 1 is 1.00 bits per heavy atom. The van der Waals surface area contributed by atoms with E-state index < -0.39 is 0 Å². The fourth-order valence-electron chi connectivity index (χ4n) is 3.26. The van der Waals surface area contributed by atoms with Crippen LogP contribution in [0.15, 0.2) is 42.5 Å². The van der Waals surface area contributed by atoms with E-state index in [0.717, 1.165) is 32.7 Å². The lowest BCUT2D eigenvalue weighted by molar-refractivity contribution is 0.100. The quantitative estimate of drug-likeness (QED) is 0.941. The molecule has 0 bridgehead atoms. The number of nitrogens with zero attached hydrogens (tertiary/aromatic N) is 2. The molecule has 4 nitrogen and oxygen atoms in total. The van der Waals surface area contributed by atoms with Crippen molar-refractivity contribution < 1.29 is 4.79 Å². The first-order valence-electron chi connectivity index (χ1n) is 8.47. The van der Waals surface area contributed by atoms with Crippen molar-refractivity contribution in [3.8, 4) is 0 Å². The van der Waals surface area contributed by atoms with Crippen molar-refractivity contribution in [2.45, 2.75) is 20.4 Å². The molecule has 2 N–H and O–H groups in total. The largest absolute Gasteiger partial charge is 0.369 e. The number of hydrogen-bond acceptors (Lipinski definition) is 3. The first-order valence-corrected chi connectivity index (χ1v) is 8.47. The number of carbonyl (C=O) groups is 1. The Bertz CT molecular complexity index is 716. The molecule has 4 heteroatoms. The Balaban J connectivity index is 1.59. The fraction of sp³-hybridized carbons (Fsp3) is 0.350. The Morgan fingerprint density at radius 2 is 1.67 bits per heavy atom. The Hall–Kier alpha value is -2.33. The minimum absolute atomic E-state index is 0.372. The molecule has 1 fully saturated rings. The van der Waals surface area contributed by atoms with Crippen LogP contribution in [0.2, 0.25) is 0 Å². The molecule has 0 spiro atoms. The number of hydrogen-bond donors (Lipinski definition) is 1. The minimum atomic E-state index is -0.372. The highest BCUT2D eigenvalue weighted by atomic mass is 16.1. The summed E-state index contributed by atoms with van der Waals surface area (Å²) in [5, 5.41) is 0. The molecular formula is C20H25N3O. The number of piperazine rings is 1. The van der Waals surface area contributed by atoms with Gasteiger partial charge in [0.15, 0.2) is 0 Å². The van der Waals surface area contributed by atoms with Crippen LogP contribution in [0.1, 0.15) is 27.0 Å². The third-order valence-corrected chi connectivity index (χ3v) is 4.93. The van der Waals surface area contributed by atoms with Gasteiger partial charge in [0.2, 0.25) is 5.91 Å². The third kappa shape index (κ3) is 3.60. The molecule has 2 aromatic carbocycles. The molecule has 1 saturated heterocycles. The standard InChI is InChI=1S/C20H25N3O/c1-15-4-3-5-19(16(15)2)23-12-10-22(11-13-23)14-17-6-8-18(9-7-17)20(21)24/h3-9H,10-14H2,1-2H3,(H2,21,24). The van der Waals surface area contributed by atoms with Crippen LogP contribution in [0.5, 0.6) is 0 Å². The van der Waals surface area contributed by atoms with Gasteiger partial charge >= 0.3 is 0 Å². The number of benzene rings is 2. The molecule has 1 heterocycles. The molecule has 0 atom stereocenters. The number of aryl methyl sites for hydroxylation is 1. The Morgan fingerprint density at radius 3 is 2.29 bits per heavy atom. The lowest BCUT2D eigenvalue weighted by atomic mass is 10.1. The van der Waals surface area contributed by atoms with Crippen molar-refractivity contribution >= 4 is 11.6 Å². The molecule has 126 valence electrons. The predicted molar refractivity (Wildman–Crippen MR) is 98.4 cm³/mol. The zero-order valence-corrected chi connectivity index (χ0v) is 14.5. The van der Waals surface area contributed by atoms with E-state index in [4.69, 9.17) is 5.73 Å². The second-order valence-electron chi connectivity index (χ2n) is 6.54. The van der Waals surface area contributed by atoms with Crippen LogP contribution in [0.3, 0.4) is 0 Å². The number of anilines is 1. The lowest BCUT2D eigenvalue weighted by Gasteiger charge is -2.37. The summed E-state index contributed by atoms with van der Waals surface area (Å²) >= 11 is 0. The number of nitrogens with two attached hydrogens (primary N) is 1. The monoisotopic (exact) mass is 323 g/mol. The summed E-state index contributed by atoms with van der Waals surface area (Å²) in [6.45, 7) is 9.48. The maximum absolute atomic E-state index is 11.1. The Kier molecular flexibility index (Phi) is 4.86. The van der Waals surface area contributed by atoms with Crippen LogP contribution in [-0.4, -0.2) is 37.0 Å². The van der Waals surface area contributed by atoms with Crippen molar-refractivity contribution in [1.29, 1.82) is 0 Å². The summed E-state index contributed by atoms with van der Waals surface area (Å²) in [5.41, 5.74) is 11.2. The molecule has 0 aliphatic carbocycles. The molecule has 1 amide bonds. The summed E-state index contributed by atoms with van der Waals surface area (Å²) in [5.74, 6) is -0.372. The third-order valence-electron chi connectivity index (χ3n) is 4.93. The highest BCUT2D eigenvalue weighted by Crippen LogP contribution is 2.24. The fourth-order valence-corrected chi connectivity index (χ4v) is 3.26.